The van der Waals surface area contributed by atoms with Crippen LogP contribution >= 0.6 is 0 Å². The van der Waals surface area contributed by atoms with Crippen LogP contribution in [0.15, 0.2) is 24.5 Å². The van der Waals surface area contributed by atoms with Gasteiger partial charge in [0.1, 0.15) is 0 Å². The monoisotopic (exact) mass is 291 g/mol. The van der Waals surface area contributed by atoms with Crippen molar-refractivity contribution in [3.05, 3.63) is 30.1 Å². The van der Waals surface area contributed by atoms with E-state index < -0.39 is 0 Å². The van der Waals surface area contributed by atoms with Crippen molar-refractivity contribution >= 4 is 5.91 Å². The Kier molecular flexibility index (Phi) is 6.63. The van der Waals surface area contributed by atoms with Crippen LogP contribution in [0.3, 0.4) is 0 Å². The van der Waals surface area contributed by atoms with Crippen LogP contribution in [-0.2, 0) is 16.1 Å². The average molecular weight is 291 g/mol. The van der Waals surface area contributed by atoms with E-state index in [1.165, 1.54) is 5.56 Å². The number of nitrogens with zero attached hydrogens (tertiary/aromatic N) is 2. The first-order chi connectivity index (χ1) is 10.3. The van der Waals surface area contributed by atoms with E-state index in [1.807, 2.05) is 19.2 Å². The van der Waals surface area contributed by atoms with E-state index >= 15 is 0 Å². The largest absolute Gasteiger partial charge is 0.381 e. The number of aromatic nitrogens is 1. The molecule has 5 heteroatoms. The van der Waals surface area contributed by atoms with Crippen LogP contribution < -0.4 is 5.32 Å². The van der Waals surface area contributed by atoms with E-state index in [9.17, 15) is 4.79 Å². The van der Waals surface area contributed by atoms with Gasteiger partial charge in [-0.1, -0.05) is 6.07 Å². The first kappa shape index (κ1) is 15.9. The molecule has 1 amide bonds. The number of pyridine rings is 1. The van der Waals surface area contributed by atoms with E-state index in [2.05, 4.69) is 21.3 Å². The number of rotatable bonds is 7. The fraction of sp³-hybridized carbons (Fsp3) is 0.625. The number of carbonyl (C=O) groups is 1. The molecular formula is C16H25N3O2. The third-order valence-electron chi connectivity index (χ3n) is 3.68. The lowest BCUT2D eigenvalue weighted by Gasteiger charge is -2.33. The minimum atomic E-state index is 0.0941. The number of hydrogen-bond acceptors (Lipinski definition) is 4. The van der Waals surface area contributed by atoms with Crippen molar-refractivity contribution < 1.29 is 9.53 Å². The Morgan fingerprint density at radius 1 is 1.57 bits per heavy atom. The van der Waals surface area contributed by atoms with Crippen molar-refractivity contribution in [3.8, 4) is 0 Å². The second-order valence-electron chi connectivity index (χ2n) is 5.45. The molecule has 1 aromatic heterocycles. The molecule has 0 aromatic carbocycles. The molecule has 21 heavy (non-hydrogen) atoms. The summed E-state index contributed by atoms with van der Waals surface area (Å²) in [7, 11) is 0. The second kappa shape index (κ2) is 8.74. The lowest BCUT2D eigenvalue weighted by Crippen LogP contribution is -2.47. The first-order valence-electron chi connectivity index (χ1n) is 7.76. The molecule has 0 saturated carbocycles. The summed E-state index contributed by atoms with van der Waals surface area (Å²) in [6.07, 6.45) is 6.33. The summed E-state index contributed by atoms with van der Waals surface area (Å²) in [4.78, 5) is 18.4. The highest BCUT2D eigenvalue weighted by Gasteiger charge is 2.21. The van der Waals surface area contributed by atoms with Crippen LogP contribution in [0.2, 0.25) is 0 Å². The highest BCUT2D eigenvalue weighted by molar-refractivity contribution is 5.76. The number of amides is 1. The minimum absolute atomic E-state index is 0.0941. The molecule has 1 aliphatic rings. The van der Waals surface area contributed by atoms with E-state index in [4.69, 9.17) is 4.74 Å². The van der Waals surface area contributed by atoms with Crippen LogP contribution in [-0.4, -0.2) is 48.1 Å². The maximum absolute atomic E-state index is 11.8. The lowest BCUT2D eigenvalue weighted by molar-refractivity contribution is -0.123. The predicted molar refractivity (Wildman–Crippen MR) is 81.8 cm³/mol. The Morgan fingerprint density at radius 2 is 2.48 bits per heavy atom. The number of ether oxygens (including phenoxy) is 1. The molecule has 116 valence electrons. The van der Waals surface area contributed by atoms with Gasteiger partial charge in [-0.05, 0) is 37.9 Å². The van der Waals surface area contributed by atoms with Crippen molar-refractivity contribution in [1.82, 2.24) is 15.2 Å². The van der Waals surface area contributed by atoms with Crippen molar-refractivity contribution in [2.75, 3.05) is 26.3 Å². The fourth-order valence-corrected chi connectivity index (χ4v) is 2.68. The Bertz CT molecular complexity index is 425. The average Bonchev–Trinajstić information content (AvgIpc) is 2.49. The highest BCUT2D eigenvalue weighted by Crippen LogP contribution is 2.13. The molecule has 1 atom stereocenters. The molecule has 0 radical (unpaired) electrons. The van der Waals surface area contributed by atoms with Gasteiger partial charge in [-0.3, -0.25) is 14.7 Å². The maximum atomic E-state index is 11.8. The molecule has 1 saturated heterocycles. The molecule has 1 aliphatic heterocycles. The van der Waals surface area contributed by atoms with E-state index in [0.29, 0.717) is 19.6 Å². The van der Waals surface area contributed by atoms with Gasteiger partial charge < -0.3 is 10.1 Å². The second-order valence-corrected chi connectivity index (χ2v) is 5.45. The lowest BCUT2D eigenvalue weighted by atomic mass is 10.0. The summed E-state index contributed by atoms with van der Waals surface area (Å²) in [5.41, 5.74) is 1.22. The third kappa shape index (κ3) is 5.81. The summed E-state index contributed by atoms with van der Waals surface area (Å²) >= 11 is 0. The van der Waals surface area contributed by atoms with Gasteiger partial charge in [-0.15, -0.1) is 0 Å². The Labute approximate surface area is 126 Å². The van der Waals surface area contributed by atoms with Gasteiger partial charge in [-0.25, -0.2) is 0 Å². The maximum Gasteiger partial charge on any atom is 0.222 e. The summed E-state index contributed by atoms with van der Waals surface area (Å²) in [6.45, 7) is 6.01. The van der Waals surface area contributed by atoms with E-state index in [0.717, 1.165) is 32.5 Å². The number of nitrogens with one attached hydrogen (secondary N) is 1. The topological polar surface area (TPSA) is 54.5 Å². The summed E-state index contributed by atoms with van der Waals surface area (Å²) in [5.74, 6) is 0.0941. The van der Waals surface area contributed by atoms with Crippen LogP contribution in [0, 0.1) is 0 Å². The Hall–Kier alpha value is -1.46. The van der Waals surface area contributed by atoms with Crippen LogP contribution in [0.25, 0.3) is 0 Å². The Balaban J connectivity index is 1.74. The molecule has 1 fully saturated rings. The van der Waals surface area contributed by atoms with Gasteiger partial charge in [0.25, 0.3) is 0 Å². The van der Waals surface area contributed by atoms with Gasteiger partial charge in [-0.2, -0.15) is 0 Å². The quantitative estimate of drug-likeness (QED) is 0.775. The fourth-order valence-electron chi connectivity index (χ4n) is 2.68. The molecule has 2 rings (SSSR count). The molecule has 2 heterocycles. The van der Waals surface area contributed by atoms with E-state index in [1.54, 1.807) is 6.20 Å². The zero-order valence-corrected chi connectivity index (χ0v) is 12.8. The standard InChI is InChI=1S/C16H25N3O2/c1-2-21-10-7-16(20)18-15-6-4-9-19(13-15)12-14-5-3-8-17-11-14/h3,5,8,11,15H,2,4,6-7,9-10,12-13H2,1H3,(H,18,20)/t15-/m1/s1. The van der Waals surface area contributed by atoms with Crippen molar-refractivity contribution in [2.24, 2.45) is 0 Å². The molecule has 0 spiro atoms. The van der Waals surface area contributed by atoms with E-state index in [-0.39, 0.29) is 11.9 Å². The number of piperidine rings is 1. The highest BCUT2D eigenvalue weighted by atomic mass is 16.5. The van der Waals surface area contributed by atoms with Gasteiger partial charge in [0.15, 0.2) is 0 Å². The van der Waals surface area contributed by atoms with Gasteiger partial charge in [0, 0.05) is 44.6 Å². The van der Waals surface area contributed by atoms with Crippen LogP contribution in [0.1, 0.15) is 31.7 Å². The summed E-state index contributed by atoms with van der Waals surface area (Å²) < 4.78 is 5.22. The minimum Gasteiger partial charge on any atom is -0.381 e. The van der Waals surface area contributed by atoms with Crippen molar-refractivity contribution in [1.29, 1.82) is 0 Å². The normalized spacial score (nSPS) is 19.4. The molecule has 0 unspecified atom stereocenters. The third-order valence-corrected chi connectivity index (χ3v) is 3.68. The number of hydrogen-bond donors (Lipinski definition) is 1. The molecule has 1 N–H and O–H groups in total. The van der Waals surface area contributed by atoms with Gasteiger partial charge in [0.05, 0.1) is 6.61 Å². The Morgan fingerprint density at radius 3 is 3.24 bits per heavy atom. The summed E-state index contributed by atoms with van der Waals surface area (Å²) in [5, 5.41) is 3.12. The van der Waals surface area contributed by atoms with Crippen LogP contribution in [0.4, 0.5) is 0 Å². The zero-order chi connectivity index (χ0) is 14.9. The molecular weight excluding hydrogens is 266 g/mol. The molecule has 5 nitrogen and oxygen atoms in total. The number of likely N-dealkylation sites (tertiary alicyclic amines) is 1. The predicted octanol–water partition coefficient (Wildman–Crippen LogP) is 1.59. The first-order valence-corrected chi connectivity index (χ1v) is 7.76. The molecule has 0 aliphatic carbocycles. The summed E-state index contributed by atoms with van der Waals surface area (Å²) in [6, 6.07) is 4.31. The molecule has 0 bridgehead atoms. The van der Waals surface area contributed by atoms with Crippen molar-refractivity contribution in [3.63, 3.8) is 0 Å². The SMILES string of the molecule is CCOCCC(=O)N[C@@H]1CCCN(Cc2cccnc2)C1. The smallest absolute Gasteiger partial charge is 0.222 e. The van der Waals surface area contributed by atoms with Crippen molar-refractivity contribution in [2.45, 2.75) is 38.8 Å². The zero-order valence-electron chi connectivity index (χ0n) is 12.8. The van der Waals surface area contributed by atoms with Gasteiger partial charge >= 0.3 is 0 Å². The number of carbonyl (C=O) groups excluding carboxylic acids is 1. The van der Waals surface area contributed by atoms with Gasteiger partial charge in [0.2, 0.25) is 5.91 Å². The molecule has 1 aromatic rings. The van der Waals surface area contributed by atoms with Crippen LogP contribution in [0.5, 0.6) is 0 Å².